The van der Waals surface area contributed by atoms with Gasteiger partial charge in [-0.2, -0.15) is 0 Å². The summed E-state index contributed by atoms with van der Waals surface area (Å²) in [5.41, 5.74) is 2.54. The van der Waals surface area contributed by atoms with E-state index in [1.165, 1.54) is 5.69 Å². The number of nitrogens with zero attached hydrogens (tertiary/aromatic N) is 2. The van der Waals surface area contributed by atoms with Crippen LogP contribution in [-0.4, -0.2) is 31.2 Å². The van der Waals surface area contributed by atoms with E-state index in [2.05, 4.69) is 48.1 Å². The van der Waals surface area contributed by atoms with Crippen molar-refractivity contribution in [1.29, 1.82) is 0 Å². The van der Waals surface area contributed by atoms with E-state index in [1.54, 1.807) is 0 Å². The minimum Gasteiger partial charge on any atom is -0.368 e. The molecule has 3 nitrogen and oxygen atoms in total. The van der Waals surface area contributed by atoms with E-state index in [1.807, 2.05) is 6.20 Å². The van der Waals surface area contributed by atoms with Crippen LogP contribution in [0.4, 0.5) is 5.69 Å². The minimum absolute atomic E-state index is 0.141. The first-order valence-corrected chi connectivity index (χ1v) is 5.99. The summed E-state index contributed by atoms with van der Waals surface area (Å²) >= 11 is 0. The molecule has 1 fully saturated rings. The third-order valence-electron chi connectivity index (χ3n) is 3.00. The molecule has 0 bridgehead atoms. The highest BCUT2D eigenvalue weighted by Crippen LogP contribution is 2.22. The van der Waals surface area contributed by atoms with Crippen molar-refractivity contribution >= 4 is 5.69 Å². The average Bonchev–Trinajstić information content (AvgIpc) is 2.29. The molecule has 88 valence electrons. The van der Waals surface area contributed by atoms with Crippen LogP contribution in [0.3, 0.4) is 0 Å². The van der Waals surface area contributed by atoms with Gasteiger partial charge in [0.25, 0.3) is 0 Å². The Morgan fingerprint density at radius 1 is 1.19 bits per heavy atom. The fourth-order valence-corrected chi connectivity index (χ4v) is 1.94. The Bertz CT molecular complexity index is 331. The molecule has 1 aromatic rings. The number of aromatic nitrogens is 1. The summed E-state index contributed by atoms with van der Waals surface area (Å²) in [6.07, 6.45) is 2.01. The van der Waals surface area contributed by atoms with Gasteiger partial charge in [-0.15, -0.1) is 0 Å². The first kappa shape index (κ1) is 11.4. The van der Waals surface area contributed by atoms with E-state index in [4.69, 9.17) is 0 Å². The van der Waals surface area contributed by atoms with Crippen molar-refractivity contribution in [2.24, 2.45) is 0 Å². The maximum atomic E-state index is 4.56. The molecule has 2 rings (SSSR count). The van der Waals surface area contributed by atoms with Crippen molar-refractivity contribution in [1.82, 2.24) is 10.3 Å². The van der Waals surface area contributed by atoms with Crippen LogP contribution in [0.25, 0.3) is 0 Å². The number of piperazine rings is 1. The molecule has 1 aliphatic heterocycles. The van der Waals surface area contributed by atoms with Crippen molar-refractivity contribution < 1.29 is 0 Å². The topological polar surface area (TPSA) is 28.2 Å². The summed E-state index contributed by atoms with van der Waals surface area (Å²) in [6.45, 7) is 10.9. The Morgan fingerprint density at radius 3 is 2.38 bits per heavy atom. The van der Waals surface area contributed by atoms with E-state index in [9.17, 15) is 0 Å². The van der Waals surface area contributed by atoms with Crippen LogP contribution in [0.2, 0.25) is 0 Å². The maximum absolute atomic E-state index is 4.56. The van der Waals surface area contributed by atoms with Crippen molar-refractivity contribution in [3.05, 3.63) is 24.0 Å². The molecule has 0 unspecified atom stereocenters. The molecule has 1 aliphatic rings. The van der Waals surface area contributed by atoms with E-state index < -0.39 is 0 Å². The Morgan fingerprint density at radius 2 is 1.88 bits per heavy atom. The Balaban J connectivity index is 2.12. The molecule has 0 atom stereocenters. The van der Waals surface area contributed by atoms with Crippen molar-refractivity contribution in [3.8, 4) is 0 Å². The third-order valence-corrected chi connectivity index (χ3v) is 3.00. The van der Waals surface area contributed by atoms with Gasteiger partial charge in [0.2, 0.25) is 0 Å². The summed E-state index contributed by atoms with van der Waals surface area (Å²) in [5.74, 6) is 0. The van der Waals surface area contributed by atoms with Gasteiger partial charge >= 0.3 is 0 Å². The Hall–Kier alpha value is -1.09. The smallest absolute Gasteiger partial charge is 0.0553 e. The minimum atomic E-state index is 0.141. The number of nitrogens with one attached hydrogen (secondary N) is 1. The molecule has 0 spiro atoms. The zero-order chi connectivity index (χ0) is 11.6. The lowest BCUT2D eigenvalue weighted by Gasteiger charge is -2.29. The summed E-state index contributed by atoms with van der Waals surface area (Å²) in [7, 11) is 0. The number of hydrogen-bond donors (Lipinski definition) is 1. The number of rotatable bonds is 1. The number of anilines is 1. The van der Waals surface area contributed by atoms with Crippen LogP contribution >= 0.6 is 0 Å². The zero-order valence-corrected chi connectivity index (χ0v) is 10.5. The van der Waals surface area contributed by atoms with Crippen LogP contribution in [0, 0.1) is 0 Å². The number of hydrogen-bond acceptors (Lipinski definition) is 3. The van der Waals surface area contributed by atoms with Gasteiger partial charge in [0.05, 0.1) is 11.9 Å². The molecule has 0 amide bonds. The quantitative estimate of drug-likeness (QED) is 0.780. The van der Waals surface area contributed by atoms with E-state index in [0.29, 0.717) is 0 Å². The maximum Gasteiger partial charge on any atom is 0.0553 e. The molecular weight excluding hydrogens is 198 g/mol. The van der Waals surface area contributed by atoms with E-state index in [-0.39, 0.29) is 5.41 Å². The Labute approximate surface area is 97.9 Å². The van der Waals surface area contributed by atoms with Crippen LogP contribution in [-0.2, 0) is 5.41 Å². The fraction of sp³-hybridized carbons (Fsp3) is 0.615. The second-order valence-electron chi connectivity index (χ2n) is 5.39. The van der Waals surface area contributed by atoms with Crippen molar-refractivity contribution in [2.45, 2.75) is 26.2 Å². The molecule has 16 heavy (non-hydrogen) atoms. The average molecular weight is 219 g/mol. The standard InChI is InChI=1S/C13H21N3/c1-13(2,3)12-5-4-11(10-15-12)16-8-6-14-7-9-16/h4-5,10,14H,6-9H2,1-3H3. The second kappa shape index (κ2) is 4.42. The molecule has 1 aromatic heterocycles. The Kier molecular flexibility index (Phi) is 3.15. The van der Waals surface area contributed by atoms with Gasteiger partial charge in [-0.25, -0.2) is 0 Å². The zero-order valence-electron chi connectivity index (χ0n) is 10.5. The highest BCUT2D eigenvalue weighted by Gasteiger charge is 2.16. The molecule has 0 aliphatic carbocycles. The van der Waals surface area contributed by atoms with Gasteiger partial charge in [0.1, 0.15) is 0 Å². The predicted octanol–water partition coefficient (Wildman–Crippen LogP) is 1.79. The van der Waals surface area contributed by atoms with Gasteiger partial charge in [-0.3, -0.25) is 4.98 Å². The van der Waals surface area contributed by atoms with Crippen molar-refractivity contribution in [3.63, 3.8) is 0 Å². The second-order valence-corrected chi connectivity index (χ2v) is 5.39. The first-order chi connectivity index (χ1) is 7.57. The van der Waals surface area contributed by atoms with Crippen LogP contribution in [0.1, 0.15) is 26.5 Å². The molecule has 1 N–H and O–H groups in total. The summed E-state index contributed by atoms with van der Waals surface area (Å²) in [5, 5.41) is 3.36. The fourth-order valence-electron chi connectivity index (χ4n) is 1.94. The van der Waals surface area contributed by atoms with Crippen LogP contribution in [0.15, 0.2) is 18.3 Å². The normalized spacial score (nSPS) is 17.6. The van der Waals surface area contributed by atoms with E-state index >= 15 is 0 Å². The SMILES string of the molecule is CC(C)(C)c1ccc(N2CCNCC2)cn1. The monoisotopic (exact) mass is 219 g/mol. The predicted molar refractivity (Wildman–Crippen MR) is 68.0 cm³/mol. The van der Waals surface area contributed by atoms with Gasteiger partial charge in [0.15, 0.2) is 0 Å². The lowest BCUT2D eigenvalue weighted by atomic mass is 9.92. The van der Waals surface area contributed by atoms with Gasteiger partial charge in [-0.1, -0.05) is 20.8 Å². The molecule has 1 saturated heterocycles. The number of pyridine rings is 1. The first-order valence-electron chi connectivity index (χ1n) is 5.99. The van der Waals surface area contributed by atoms with Gasteiger partial charge in [0, 0.05) is 37.3 Å². The summed E-state index contributed by atoms with van der Waals surface area (Å²) in [6, 6.07) is 4.34. The summed E-state index contributed by atoms with van der Waals surface area (Å²) < 4.78 is 0. The lowest BCUT2D eigenvalue weighted by molar-refractivity contribution is 0.566. The lowest BCUT2D eigenvalue weighted by Crippen LogP contribution is -2.43. The highest BCUT2D eigenvalue weighted by atomic mass is 15.2. The summed E-state index contributed by atoms with van der Waals surface area (Å²) in [4.78, 5) is 6.95. The molecule has 0 aromatic carbocycles. The van der Waals surface area contributed by atoms with Crippen LogP contribution in [0.5, 0.6) is 0 Å². The largest absolute Gasteiger partial charge is 0.368 e. The van der Waals surface area contributed by atoms with E-state index in [0.717, 1.165) is 31.9 Å². The molecule has 2 heterocycles. The molecular formula is C13H21N3. The molecule has 3 heteroatoms. The third kappa shape index (κ3) is 2.53. The molecule has 0 saturated carbocycles. The molecule has 0 radical (unpaired) electrons. The van der Waals surface area contributed by atoms with Crippen molar-refractivity contribution in [2.75, 3.05) is 31.1 Å². The highest BCUT2D eigenvalue weighted by molar-refractivity contribution is 5.45. The van der Waals surface area contributed by atoms with Gasteiger partial charge < -0.3 is 10.2 Å². The van der Waals surface area contributed by atoms with Gasteiger partial charge in [-0.05, 0) is 12.1 Å². The van der Waals surface area contributed by atoms with Crippen LogP contribution < -0.4 is 10.2 Å².